The molecule has 0 bridgehead atoms. The van der Waals surface area contributed by atoms with E-state index in [-0.39, 0.29) is 6.04 Å². The van der Waals surface area contributed by atoms with Crippen LogP contribution in [0.3, 0.4) is 0 Å². The van der Waals surface area contributed by atoms with Crippen LogP contribution in [0.4, 0.5) is 0 Å². The molecule has 1 rings (SSSR count). The fraction of sp³-hybridized carbons (Fsp3) is 1.00. The van der Waals surface area contributed by atoms with Gasteiger partial charge in [0.1, 0.15) is 0 Å². The summed E-state index contributed by atoms with van der Waals surface area (Å²) in [6, 6.07) is 0.381. The second kappa shape index (κ2) is 4.30. The van der Waals surface area contributed by atoms with E-state index in [9.17, 15) is 0 Å². The Morgan fingerprint density at radius 3 is 2.55 bits per heavy atom. The number of thioether (sulfide) groups is 1. The first kappa shape index (κ1) is 9.32. The van der Waals surface area contributed by atoms with Crippen molar-refractivity contribution >= 4 is 11.8 Å². The van der Waals surface area contributed by atoms with Gasteiger partial charge in [-0.25, -0.2) is 0 Å². The number of rotatable bonds is 5. The molecule has 3 nitrogen and oxygen atoms in total. The summed E-state index contributed by atoms with van der Waals surface area (Å²) in [5.41, 5.74) is 0. The van der Waals surface area contributed by atoms with Gasteiger partial charge in [-0.1, -0.05) is 0 Å². The van der Waals surface area contributed by atoms with Gasteiger partial charge in [0.05, 0.1) is 6.04 Å². The monoisotopic (exact) mass is 177 g/mol. The standard InChI is InChI=1S/C7H15NO2S/c1-11-4-6(7(9)10)8-5-2-3-5/h5-10H,2-4H2,1H3. The zero-order chi connectivity index (χ0) is 8.27. The smallest absolute Gasteiger partial charge is 0.167 e. The normalized spacial score (nSPS) is 20.7. The van der Waals surface area contributed by atoms with Crippen molar-refractivity contribution in [1.82, 2.24) is 5.32 Å². The number of hydrogen-bond donors (Lipinski definition) is 3. The molecule has 0 aliphatic heterocycles. The third-order valence-corrected chi connectivity index (χ3v) is 2.43. The van der Waals surface area contributed by atoms with E-state index in [2.05, 4.69) is 5.32 Å². The molecule has 11 heavy (non-hydrogen) atoms. The first-order valence-corrected chi connectivity index (χ1v) is 5.24. The second-order valence-electron chi connectivity index (χ2n) is 2.92. The fourth-order valence-corrected chi connectivity index (χ4v) is 1.58. The third kappa shape index (κ3) is 3.42. The molecule has 1 saturated carbocycles. The van der Waals surface area contributed by atoms with Crippen LogP contribution in [0, 0.1) is 0 Å². The van der Waals surface area contributed by atoms with Gasteiger partial charge in [-0.05, 0) is 19.1 Å². The van der Waals surface area contributed by atoms with Crippen LogP contribution in [-0.2, 0) is 0 Å². The first-order valence-electron chi connectivity index (χ1n) is 3.85. The van der Waals surface area contributed by atoms with Gasteiger partial charge in [-0.15, -0.1) is 0 Å². The highest BCUT2D eigenvalue weighted by Gasteiger charge is 2.26. The molecule has 66 valence electrons. The summed E-state index contributed by atoms with van der Waals surface area (Å²) in [5.74, 6) is 0.758. The van der Waals surface area contributed by atoms with E-state index in [0.717, 1.165) is 5.75 Å². The Labute approximate surface area is 71.2 Å². The largest absolute Gasteiger partial charge is 0.367 e. The van der Waals surface area contributed by atoms with Crippen molar-refractivity contribution in [2.75, 3.05) is 12.0 Å². The Kier molecular flexibility index (Phi) is 3.65. The predicted molar refractivity (Wildman–Crippen MR) is 46.6 cm³/mol. The molecule has 0 heterocycles. The zero-order valence-electron chi connectivity index (χ0n) is 6.66. The lowest BCUT2D eigenvalue weighted by molar-refractivity contribution is -0.0616. The molecule has 4 heteroatoms. The first-order chi connectivity index (χ1) is 5.24. The number of nitrogens with one attached hydrogen (secondary N) is 1. The van der Waals surface area contributed by atoms with E-state index in [1.807, 2.05) is 6.26 Å². The third-order valence-electron chi connectivity index (χ3n) is 1.73. The SMILES string of the molecule is CSCC(NC1CC1)C(O)O. The fourth-order valence-electron chi connectivity index (χ4n) is 0.953. The van der Waals surface area contributed by atoms with Crippen LogP contribution < -0.4 is 5.32 Å². The molecule has 0 amide bonds. The van der Waals surface area contributed by atoms with E-state index in [4.69, 9.17) is 10.2 Å². The van der Waals surface area contributed by atoms with E-state index in [0.29, 0.717) is 6.04 Å². The Balaban J connectivity index is 2.19. The minimum Gasteiger partial charge on any atom is -0.367 e. The average molecular weight is 177 g/mol. The molecule has 1 aliphatic rings. The molecule has 1 atom stereocenters. The van der Waals surface area contributed by atoms with E-state index < -0.39 is 6.29 Å². The lowest BCUT2D eigenvalue weighted by atomic mass is 10.3. The quantitative estimate of drug-likeness (QED) is 0.508. The summed E-state index contributed by atoms with van der Waals surface area (Å²) in [4.78, 5) is 0. The molecule has 0 radical (unpaired) electrons. The predicted octanol–water partition coefficient (Wildman–Crippen LogP) is -0.219. The van der Waals surface area contributed by atoms with Crippen molar-refractivity contribution in [3.63, 3.8) is 0 Å². The van der Waals surface area contributed by atoms with Gasteiger partial charge in [-0.2, -0.15) is 11.8 Å². The van der Waals surface area contributed by atoms with Crippen molar-refractivity contribution in [2.45, 2.75) is 31.2 Å². The van der Waals surface area contributed by atoms with Gasteiger partial charge in [0.2, 0.25) is 0 Å². The van der Waals surface area contributed by atoms with Crippen molar-refractivity contribution < 1.29 is 10.2 Å². The van der Waals surface area contributed by atoms with Crippen LogP contribution >= 0.6 is 11.8 Å². The minimum atomic E-state index is -1.22. The van der Waals surface area contributed by atoms with Crippen LogP contribution in [0.15, 0.2) is 0 Å². The Bertz CT molecular complexity index is 117. The molecule has 1 aliphatic carbocycles. The summed E-state index contributed by atoms with van der Waals surface area (Å²) >= 11 is 1.63. The van der Waals surface area contributed by atoms with E-state index in [1.54, 1.807) is 11.8 Å². The molecule has 0 saturated heterocycles. The highest BCUT2D eigenvalue weighted by atomic mass is 32.2. The molecule has 0 aromatic heterocycles. The van der Waals surface area contributed by atoms with Crippen LogP contribution in [-0.4, -0.2) is 40.6 Å². The lowest BCUT2D eigenvalue weighted by Crippen LogP contribution is -2.42. The van der Waals surface area contributed by atoms with Crippen molar-refractivity contribution in [2.24, 2.45) is 0 Å². The Morgan fingerprint density at radius 2 is 2.18 bits per heavy atom. The molecule has 0 aromatic carbocycles. The van der Waals surface area contributed by atoms with Crippen molar-refractivity contribution in [3.05, 3.63) is 0 Å². The number of hydrogen-bond acceptors (Lipinski definition) is 4. The van der Waals surface area contributed by atoms with Crippen LogP contribution in [0.5, 0.6) is 0 Å². The summed E-state index contributed by atoms with van der Waals surface area (Å²) in [6.45, 7) is 0. The van der Waals surface area contributed by atoms with E-state index >= 15 is 0 Å². The molecule has 0 spiro atoms. The van der Waals surface area contributed by atoms with Gasteiger partial charge in [0.15, 0.2) is 6.29 Å². The van der Waals surface area contributed by atoms with E-state index in [1.165, 1.54) is 12.8 Å². The molecule has 1 unspecified atom stereocenters. The zero-order valence-corrected chi connectivity index (χ0v) is 7.47. The van der Waals surface area contributed by atoms with Gasteiger partial charge in [-0.3, -0.25) is 0 Å². The summed E-state index contributed by atoms with van der Waals surface area (Å²) < 4.78 is 0. The van der Waals surface area contributed by atoms with Crippen molar-refractivity contribution in [3.8, 4) is 0 Å². The van der Waals surface area contributed by atoms with Gasteiger partial charge in [0.25, 0.3) is 0 Å². The summed E-state index contributed by atoms with van der Waals surface area (Å²) in [5, 5.41) is 21.0. The summed E-state index contributed by atoms with van der Waals surface area (Å²) in [7, 11) is 0. The Hall–Kier alpha value is 0.230. The van der Waals surface area contributed by atoms with Crippen LogP contribution in [0.1, 0.15) is 12.8 Å². The van der Waals surface area contributed by atoms with Crippen LogP contribution in [0.2, 0.25) is 0 Å². The highest BCUT2D eigenvalue weighted by Crippen LogP contribution is 2.20. The van der Waals surface area contributed by atoms with Crippen LogP contribution in [0.25, 0.3) is 0 Å². The number of aliphatic hydroxyl groups excluding tert-OH is 1. The molecule has 3 N–H and O–H groups in total. The molecular formula is C7H15NO2S. The second-order valence-corrected chi connectivity index (χ2v) is 3.83. The Morgan fingerprint density at radius 1 is 1.55 bits per heavy atom. The maximum absolute atomic E-state index is 8.90. The summed E-state index contributed by atoms with van der Waals surface area (Å²) in [6.07, 6.45) is 3.10. The molecule has 1 fully saturated rings. The number of aliphatic hydroxyl groups is 2. The molecule has 0 aromatic rings. The van der Waals surface area contributed by atoms with Gasteiger partial charge >= 0.3 is 0 Å². The maximum atomic E-state index is 8.90. The highest BCUT2D eigenvalue weighted by molar-refractivity contribution is 7.98. The van der Waals surface area contributed by atoms with Gasteiger partial charge < -0.3 is 15.5 Å². The average Bonchev–Trinajstić information content (AvgIpc) is 2.70. The van der Waals surface area contributed by atoms with Gasteiger partial charge in [0, 0.05) is 11.8 Å². The molecular weight excluding hydrogens is 162 g/mol. The minimum absolute atomic E-state index is 0.155. The maximum Gasteiger partial charge on any atom is 0.167 e. The van der Waals surface area contributed by atoms with Crippen molar-refractivity contribution in [1.29, 1.82) is 0 Å². The lowest BCUT2D eigenvalue weighted by Gasteiger charge is -2.18. The topological polar surface area (TPSA) is 52.5 Å².